The van der Waals surface area contributed by atoms with Crippen LogP contribution in [0.1, 0.15) is 64.1 Å². The zero-order valence-electron chi connectivity index (χ0n) is 21.7. The van der Waals surface area contributed by atoms with Crippen LogP contribution in [0.2, 0.25) is 0 Å². The fourth-order valence-electron chi connectivity index (χ4n) is 6.78. The Labute approximate surface area is 204 Å². The predicted molar refractivity (Wildman–Crippen MR) is 132 cm³/mol. The minimum absolute atomic E-state index is 0.0920. The van der Waals surface area contributed by atoms with Gasteiger partial charge in [-0.15, -0.1) is 0 Å². The van der Waals surface area contributed by atoms with E-state index < -0.39 is 11.7 Å². The number of carbonyl (C=O) groups is 1. The molecule has 3 aliphatic heterocycles. The van der Waals surface area contributed by atoms with Gasteiger partial charge in [0.25, 0.3) is 0 Å². The van der Waals surface area contributed by atoms with E-state index in [2.05, 4.69) is 37.8 Å². The SMILES string of the molecule is COc1cc2c(cc1OC)[C@H]1C[C@H](C[C@]3(C)CN(C(=O)O)C[C@H](C)O3)[C@H](CC(C)C)CN1CC2. The van der Waals surface area contributed by atoms with Crippen molar-refractivity contribution < 1.29 is 24.1 Å². The van der Waals surface area contributed by atoms with E-state index in [1.54, 1.807) is 14.2 Å². The number of morpholine rings is 1. The van der Waals surface area contributed by atoms with Crippen molar-refractivity contribution in [1.82, 2.24) is 9.80 Å². The van der Waals surface area contributed by atoms with E-state index in [1.807, 2.05) is 6.92 Å². The van der Waals surface area contributed by atoms with Gasteiger partial charge in [-0.1, -0.05) is 13.8 Å². The van der Waals surface area contributed by atoms with Crippen molar-refractivity contribution in [3.63, 3.8) is 0 Å². The van der Waals surface area contributed by atoms with Gasteiger partial charge in [0.05, 0.1) is 39.0 Å². The Balaban J connectivity index is 1.62. The lowest BCUT2D eigenvalue weighted by Crippen LogP contribution is -2.56. The van der Waals surface area contributed by atoms with Gasteiger partial charge < -0.3 is 24.2 Å². The van der Waals surface area contributed by atoms with Crippen LogP contribution in [0.15, 0.2) is 12.1 Å². The number of fused-ring (bicyclic) bond motifs is 3. The van der Waals surface area contributed by atoms with Crippen LogP contribution in [0.5, 0.6) is 11.5 Å². The highest BCUT2D eigenvalue weighted by molar-refractivity contribution is 5.65. The van der Waals surface area contributed by atoms with E-state index in [0.717, 1.165) is 43.9 Å². The summed E-state index contributed by atoms with van der Waals surface area (Å²) in [7, 11) is 3.39. The van der Waals surface area contributed by atoms with Crippen molar-refractivity contribution in [2.45, 2.75) is 71.1 Å². The van der Waals surface area contributed by atoms with Crippen LogP contribution in [0.4, 0.5) is 4.79 Å². The van der Waals surface area contributed by atoms with Crippen LogP contribution < -0.4 is 9.47 Å². The maximum atomic E-state index is 11.8. The van der Waals surface area contributed by atoms with E-state index in [1.165, 1.54) is 22.4 Å². The lowest BCUT2D eigenvalue weighted by molar-refractivity contribution is -0.148. The average molecular weight is 475 g/mol. The van der Waals surface area contributed by atoms with Gasteiger partial charge in [-0.25, -0.2) is 4.79 Å². The van der Waals surface area contributed by atoms with Crippen molar-refractivity contribution in [2.24, 2.45) is 17.8 Å². The van der Waals surface area contributed by atoms with E-state index in [0.29, 0.717) is 36.9 Å². The lowest BCUT2D eigenvalue weighted by atomic mass is 9.70. The Hall–Kier alpha value is -1.99. The largest absolute Gasteiger partial charge is 0.493 e. The summed E-state index contributed by atoms with van der Waals surface area (Å²) in [6, 6.07) is 4.67. The molecule has 3 aliphatic rings. The van der Waals surface area contributed by atoms with Crippen molar-refractivity contribution in [2.75, 3.05) is 40.4 Å². The number of hydrogen-bond donors (Lipinski definition) is 1. The predicted octanol–water partition coefficient (Wildman–Crippen LogP) is 4.83. The molecule has 5 atom stereocenters. The van der Waals surface area contributed by atoms with Gasteiger partial charge in [0.1, 0.15) is 0 Å². The van der Waals surface area contributed by atoms with Gasteiger partial charge in [0.15, 0.2) is 11.5 Å². The monoisotopic (exact) mass is 474 g/mol. The van der Waals surface area contributed by atoms with Crippen molar-refractivity contribution in [3.05, 3.63) is 23.3 Å². The molecule has 2 fully saturated rings. The molecule has 34 heavy (non-hydrogen) atoms. The molecule has 190 valence electrons. The maximum absolute atomic E-state index is 11.8. The van der Waals surface area contributed by atoms with Crippen LogP contribution in [-0.4, -0.2) is 73.1 Å². The molecule has 2 saturated heterocycles. The van der Waals surface area contributed by atoms with Gasteiger partial charge >= 0.3 is 6.09 Å². The van der Waals surface area contributed by atoms with Crippen LogP contribution in [0.3, 0.4) is 0 Å². The summed E-state index contributed by atoms with van der Waals surface area (Å²) in [5, 5.41) is 9.66. The maximum Gasteiger partial charge on any atom is 0.407 e. The number of amides is 1. The molecule has 0 aromatic heterocycles. The smallest absolute Gasteiger partial charge is 0.407 e. The van der Waals surface area contributed by atoms with Gasteiger partial charge in [0, 0.05) is 19.1 Å². The number of carboxylic acid groups (broad SMARTS) is 1. The number of ether oxygens (including phenoxy) is 3. The molecule has 1 aromatic rings. The van der Waals surface area contributed by atoms with Crippen molar-refractivity contribution in [1.29, 1.82) is 0 Å². The topological polar surface area (TPSA) is 71.5 Å². The average Bonchev–Trinajstić information content (AvgIpc) is 2.77. The normalized spacial score (nSPS) is 31.7. The second kappa shape index (κ2) is 9.94. The van der Waals surface area contributed by atoms with Crippen LogP contribution >= 0.6 is 0 Å². The molecule has 0 radical (unpaired) electrons. The second-order valence-corrected chi connectivity index (χ2v) is 11.3. The summed E-state index contributed by atoms with van der Waals surface area (Å²) in [6.07, 6.45) is 3.20. The molecular formula is C27H42N2O5. The fourth-order valence-corrected chi connectivity index (χ4v) is 6.78. The first kappa shape index (κ1) is 25.1. The molecule has 1 N–H and O–H groups in total. The van der Waals surface area contributed by atoms with E-state index >= 15 is 0 Å². The van der Waals surface area contributed by atoms with Crippen LogP contribution in [0.25, 0.3) is 0 Å². The van der Waals surface area contributed by atoms with Crippen molar-refractivity contribution in [3.8, 4) is 11.5 Å². The Morgan fingerprint density at radius 1 is 1.21 bits per heavy atom. The third-order valence-corrected chi connectivity index (χ3v) is 8.00. The zero-order valence-corrected chi connectivity index (χ0v) is 21.7. The number of methoxy groups -OCH3 is 2. The Morgan fingerprint density at radius 2 is 1.91 bits per heavy atom. The summed E-state index contributed by atoms with van der Waals surface area (Å²) in [4.78, 5) is 16.0. The third-order valence-electron chi connectivity index (χ3n) is 8.00. The number of benzene rings is 1. The Kier molecular flexibility index (Phi) is 7.34. The Bertz CT molecular complexity index is 890. The summed E-state index contributed by atoms with van der Waals surface area (Å²) in [5.41, 5.74) is 2.24. The summed E-state index contributed by atoms with van der Waals surface area (Å²) in [5.74, 6) is 3.26. The highest BCUT2D eigenvalue weighted by Gasteiger charge is 2.45. The molecule has 1 amide bonds. The molecule has 0 saturated carbocycles. The van der Waals surface area contributed by atoms with E-state index in [9.17, 15) is 9.90 Å². The molecule has 0 unspecified atom stereocenters. The summed E-state index contributed by atoms with van der Waals surface area (Å²) < 4.78 is 17.6. The number of hydrogen-bond acceptors (Lipinski definition) is 5. The minimum Gasteiger partial charge on any atom is -0.493 e. The summed E-state index contributed by atoms with van der Waals surface area (Å²) in [6.45, 7) is 11.7. The molecule has 3 heterocycles. The number of nitrogens with zero attached hydrogens (tertiary/aromatic N) is 2. The van der Waals surface area contributed by atoms with E-state index in [-0.39, 0.29) is 6.10 Å². The number of rotatable bonds is 6. The van der Waals surface area contributed by atoms with Gasteiger partial charge in [-0.05, 0) is 80.5 Å². The first-order valence-electron chi connectivity index (χ1n) is 12.8. The molecule has 0 aliphatic carbocycles. The highest BCUT2D eigenvalue weighted by atomic mass is 16.5. The first-order chi connectivity index (χ1) is 16.1. The molecule has 7 nitrogen and oxygen atoms in total. The van der Waals surface area contributed by atoms with Gasteiger partial charge in [0.2, 0.25) is 0 Å². The molecule has 1 aromatic carbocycles. The molecule has 0 bridgehead atoms. The van der Waals surface area contributed by atoms with Crippen LogP contribution in [-0.2, 0) is 11.2 Å². The minimum atomic E-state index is -0.850. The number of piperidine rings is 1. The van der Waals surface area contributed by atoms with Crippen molar-refractivity contribution >= 4 is 6.09 Å². The fraction of sp³-hybridized carbons (Fsp3) is 0.741. The zero-order chi connectivity index (χ0) is 24.6. The van der Waals surface area contributed by atoms with Crippen LogP contribution in [0, 0.1) is 17.8 Å². The second-order valence-electron chi connectivity index (χ2n) is 11.3. The third kappa shape index (κ3) is 5.15. The highest BCUT2D eigenvalue weighted by Crippen LogP contribution is 2.48. The van der Waals surface area contributed by atoms with Gasteiger partial charge in [-0.2, -0.15) is 0 Å². The molecule has 7 heteroatoms. The quantitative estimate of drug-likeness (QED) is 0.637. The summed E-state index contributed by atoms with van der Waals surface area (Å²) >= 11 is 0. The lowest BCUT2D eigenvalue weighted by Gasteiger charge is -2.51. The molecule has 4 rings (SSSR count). The standard InChI is InChI=1S/C27H42N2O5/c1-17(2)9-21-15-28-8-7-19-11-24(32-5)25(33-6)12-22(19)23(28)10-20(21)13-27(4)16-29(26(30)31)14-18(3)34-27/h11-12,17-18,20-21,23H,7-10,13-16H2,1-6H3,(H,30,31)/t18-,20+,21+,23+,27+/m0/s1. The first-order valence-corrected chi connectivity index (χ1v) is 12.8. The van der Waals surface area contributed by atoms with Gasteiger partial charge in [-0.3, -0.25) is 4.90 Å². The molecular weight excluding hydrogens is 432 g/mol. The molecule has 0 spiro atoms. The van der Waals surface area contributed by atoms with E-state index in [4.69, 9.17) is 14.2 Å². The Morgan fingerprint density at radius 3 is 2.56 bits per heavy atom.